The summed E-state index contributed by atoms with van der Waals surface area (Å²) in [5, 5.41) is 7.14. The van der Waals surface area contributed by atoms with Gasteiger partial charge in [0.25, 0.3) is 0 Å². The molecule has 0 unspecified atom stereocenters. The van der Waals surface area contributed by atoms with Crippen molar-refractivity contribution < 1.29 is 4.79 Å². The summed E-state index contributed by atoms with van der Waals surface area (Å²) in [7, 11) is 0. The van der Waals surface area contributed by atoms with E-state index in [9.17, 15) is 4.79 Å². The smallest absolute Gasteiger partial charge is 0.223 e. The van der Waals surface area contributed by atoms with Crippen LogP contribution in [0.3, 0.4) is 0 Å². The number of carbonyl (C=O) groups excluding carboxylic acids is 1. The van der Waals surface area contributed by atoms with E-state index in [1.807, 2.05) is 38.1 Å². The van der Waals surface area contributed by atoms with Crippen molar-refractivity contribution in [3.63, 3.8) is 0 Å². The Labute approximate surface area is 119 Å². The van der Waals surface area contributed by atoms with E-state index in [-0.39, 0.29) is 17.4 Å². The zero-order valence-corrected chi connectivity index (χ0v) is 12.3. The summed E-state index contributed by atoms with van der Waals surface area (Å²) in [6, 6.07) is 7.64. The highest BCUT2D eigenvalue weighted by Crippen LogP contribution is 2.23. The van der Waals surface area contributed by atoms with E-state index in [2.05, 4.69) is 10.6 Å². The maximum Gasteiger partial charge on any atom is 0.223 e. The first kappa shape index (κ1) is 14.4. The molecule has 0 aromatic heterocycles. The molecule has 4 heteroatoms. The maximum absolute atomic E-state index is 12.3. The van der Waals surface area contributed by atoms with Gasteiger partial charge in [-0.15, -0.1) is 0 Å². The summed E-state index contributed by atoms with van der Waals surface area (Å²) >= 11 is 5.89. The highest BCUT2D eigenvalue weighted by Gasteiger charge is 2.28. The van der Waals surface area contributed by atoms with Crippen LogP contribution in [0.1, 0.15) is 32.3 Å². The molecule has 19 heavy (non-hydrogen) atoms. The Morgan fingerprint density at radius 1 is 1.26 bits per heavy atom. The second kappa shape index (κ2) is 5.93. The molecule has 0 bridgehead atoms. The van der Waals surface area contributed by atoms with Crippen LogP contribution in [0, 0.1) is 5.92 Å². The third kappa shape index (κ3) is 3.71. The van der Waals surface area contributed by atoms with Gasteiger partial charge >= 0.3 is 0 Å². The fourth-order valence-electron chi connectivity index (χ4n) is 2.43. The molecule has 0 radical (unpaired) electrons. The first-order chi connectivity index (χ1) is 8.99. The molecule has 0 spiro atoms. The standard InChI is InChI=1S/C15H21ClN2O/c1-15(2,12-3-5-13(16)6-4-12)18-14(19)11-7-9-17-10-8-11/h3-6,11,17H,7-10H2,1-2H3,(H,18,19). The van der Waals surface area contributed by atoms with Crippen molar-refractivity contribution in [1.29, 1.82) is 0 Å². The van der Waals surface area contributed by atoms with Gasteiger partial charge in [0.1, 0.15) is 0 Å². The van der Waals surface area contributed by atoms with Gasteiger partial charge in [-0.1, -0.05) is 23.7 Å². The molecule has 0 saturated carbocycles. The lowest BCUT2D eigenvalue weighted by molar-refractivity contribution is -0.127. The van der Waals surface area contributed by atoms with Crippen LogP contribution in [-0.4, -0.2) is 19.0 Å². The van der Waals surface area contributed by atoms with Gasteiger partial charge in [0.05, 0.1) is 5.54 Å². The maximum atomic E-state index is 12.3. The number of hydrogen-bond donors (Lipinski definition) is 2. The van der Waals surface area contributed by atoms with E-state index >= 15 is 0 Å². The predicted octanol–water partition coefficient (Wildman–Crippen LogP) is 2.69. The van der Waals surface area contributed by atoms with Crippen molar-refractivity contribution in [3.05, 3.63) is 34.9 Å². The Balaban J connectivity index is 2.03. The van der Waals surface area contributed by atoms with Gasteiger partial charge < -0.3 is 10.6 Å². The van der Waals surface area contributed by atoms with Crippen molar-refractivity contribution in [2.24, 2.45) is 5.92 Å². The lowest BCUT2D eigenvalue weighted by atomic mass is 9.91. The summed E-state index contributed by atoms with van der Waals surface area (Å²) < 4.78 is 0. The molecule has 0 aliphatic carbocycles. The van der Waals surface area contributed by atoms with E-state index in [1.165, 1.54) is 0 Å². The van der Waals surface area contributed by atoms with Gasteiger partial charge in [-0.2, -0.15) is 0 Å². The number of hydrogen-bond acceptors (Lipinski definition) is 2. The average molecular weight is 281 g/mol. The van der Waals surface area contributed by atoms with E-state index in [0.717, 1.165) is 31.5 Å². The van der Waals surface area contributed by atoms with Gasteiger partial charge in [0.15, 0.2) is 0 Å². The van der Waals surface area contributed by atoms with Crippen molar-refractivity contribution in [2.45, 2.75) is 32.2 Å². The first-order valence-electron chi connectivity index (χ1n) is 6.78. The lowest BCUT2D eigenvalue weighted by Crippen LogP contribution is -2.46. The van der Waals surface area contributed by atoms with E-state index in [0.29, 0.717) is 5.02 Å². The molecule has 0 atom stereocenters. The Hall–Kier alpha value is -1.06. The minimum absolute atomic E-state index is 0.132. The summed E-state index contributed by atoms with van der Waals surface area (Å²) in [4.78, 5) is 12.3. The largest absolute Gasteiger partial charge is 0.347 e. The summed E-state index contributed by atoms with van der Waals surface area (Å²) in [6.07, 6.45) is 1.84. The van der Waals surface area contributed by atoms with Crippen LogP contribution in [0.2, 0.25) is 5.02 Å². The Bertz CT molecular complexity index is 436. The van der Waals surface area contributed by atoms with Crippen molar-refractivity contribution >= 4 is 17.5 Å². The number of piperidine rings is 1. The van der Waals surface area contributed by atoms with Crippen LogP contribution >= 0.6 is 11.6 Å². The Morgan fingerprint density at radius 2 is 1.84 bits per heavy atom. The lowest BCUT2D eigenvalue weighted by Gasteiger charge is -2.30. The summed E-state index contributed by atoms with van der Waals surface area (Å²) in [5.41, 5.74) is 0.700. The predicted molar refractivity (Wildman–Crippen MR) is 78.2 cm³/mol. The zero-order valence-electron chi connectivity index (χ0n) is 11.5. The second-order valence-electron chi connectivity index (χ2n) is 5.65. The van der Waals surface area contributed by atoms with E-state index in [4.69, 9.17) is 11.6 Å². The van der Waals surface area contributed by atoms with Crippen LogP contribution < -0.4 is 10.6 Å². The minimum atomic E-state index is -0.369. The summed E-state index contributed by atoms with van der Waals surface area (Å²) in [6.45, 7) is 5.91. The van der Waals surface area contributed by atoms with Gasteiger partial charge in [0.2, 0.25) is 5.91 Å². The minimum Gasteiger partial charge on any atom is -0.347 e. The van der Waals surface area contributed by atoms with E-state index in [1.54, 1.807) is 0 Å². The quantitative estimate of drug-likeness (QED) is 0.894. The van der Waals surface area contributed by atoms with Gasteiger partial charge in [0, 0.05) is 10.9 Å². The Morgan fingerprint density at radius 3 is 2.42 bits per heavy atom. The topological polar surface area (TPSA) is 41.1 Å². The molecular weight excluding hydrogens is 260 g/mol. The van der Waals surface area contributed by atoms with Crippen LogP contribution in [0.25, 0.3) is 0 Å². The third-order valence-electron chi connectivity index (χ3n) is 3.71. The van der Waals surface area contributed by atoms with Crippen LogP contribution in [0.4, 0.5) is 0 Å². The van der Waals surface area contributed by atoms with Crippen molar-refractivity contribution in [3.8, 4) is 0 Å². The molecule has 1 aliphatic heterocycles. The normalized spacial score (nSPS) is 17.2. The molecule has 1 aromatic carbocycles. The number of halogens is 1. The first-order valence-corrected chi connectivity index (χ1v) is 7.15. The van der Waals surface area contributed by atoms with Crippen molar-refractivity contribution in [1.82, 2.24) is 10.6 Å². The SMILES string of the molecule is CC(C)(NC(=O)C1CCNCC1)c1ccc(Cl)cc1. The van der Waals surface area contributed by atoms with Crippen LogP contribution in [-0.2, 0) is 10.3 Å². The van der Waals surface area contributed by atoms with Gasteiger partial charge in [-0.05, 0) is 57.5 Å². The number of carbonyl (C=O) groups is 1. The molecule has 104 valence electrons. The Kier molecular flexibility index (Phi) is 4.48. The number of amides is 1. The molecule has 1 saturated heterocycles. The van der Waals surface area contributed by atoms with Crippen LogP contribution in [0.15, 0.2) is 24.3 Å². The number of rotatable bonds is 3. The molecule has 1 fully saturated rings. The molecule has 2 rings (SSSR count). The fourth-order valence-corrected chi connectivity index (χ4v) is 2.56. The zero-order chi connectivity index (χ0) is 13.9. The van der Waals surface area contributed by atoms with Crippen molar-refractivity contribution in [2.75, 3.05) is 13.1 Å². The number of nitrogens with one attached hydrogen (secondary N) is 2. The highest BCUT2D eigenvalue weighted by molar-refractivity contribution is 6.30. The van der Waals surface area contributed by atoms with Gasteiger partial charge in [-0.25, -0.2) is 0 Å². The average Bonchev–Trinajstić information content (AvgIpc) is 2.40. The summed E-state index contributed by atoms with van der Waals surface area (Å²) in [5.74, 6) is 0.286. The number of benzene rings is 1. The molecule has 1 heterocycles. The monoisotopic (exact) mass is 280 g/mol. The van der Waals surface area contributed by atoms with E-state index < -0.39 is 0 Å². The molecule has 1 aromatic rings. The fraction of sp³-hybridized carbons (Fsp3) is 0.533. The molecular formula is C15H21ClN2O. The molecule has 1 aliphatic rings. The highest BCUT2D eigenvalue weighted by atomic mass is 35.5. The third-order valence-corrected chi connectivity index (χ3v) is 3.96. The van der Waals surface area contributed by atoms with Gasteiger partial charge in [-0.3, -0.25) is 4.79 Å². The molecule has 1 amide bonds. The molecule has 2 N–H and O–H groups in total. The molecule has 3 nitrogen and oxygen atoms in total. The van der Waals surface area contributed by atoms with Crippen LogP contribution in [0.5, 0.6) is 0 Å². The second-order valence-corrected chi connectivity index (χ2v) is 6.08.